The van der Waals surface area contributed by atoms with E-state index < -0.39 is 42.8 Å². The van der Waals surface area contributed by atoms with Gasteiger partial charge in [-0.05, 0) is 12.1 Å². The number of aliphatic hydroxyl groups is 3. The molecule has 1 aromatic carbocycles. The molecule has 2 heterocycles. The molecule has 28 heavy (non-hydrogen) atoms. The van der Waals surface area contributed by atoms with E-state index in [1.54, 1.807) is 30.3 Å². The number of anilines is 1. The predicted octanol–water partition coefficient (Wildman–Crippen LogP) is -1.20. The SMILES string of the molecule is O=C(COc1ccccc1)ONc1ccn([C@@H]2O[C@H](CO)[C@@H](O)[C@H]2O)c(=O)n1. The summed E-state index contributed by atoms with van der Waals surface area (Å²) in [6, 6.07) is 9.98. The summed E-state index contributed by atoms with van der Waals surface area (Å²) in [5.74, 6) is -0.294. The minimum atomic E-state index is -1.41. The Morgan fingerprint density at radius 3 is 2.61 bits per heavy atom. The molecule has 4 N–H and O–H groups in total. The summed E-state index contributed by atoms with van der Waals surface area (Å²) in [7, 11) is 0. The molecule has 0 radical (unpaired) electrons. The van der Waals surface area contributed by atoms with E-state index >= 15 is 0 Å². The Balaban J connectivity index is 1.56. The van der Waals surface area contributed by atoms with Gasteiger partial charge in [-0.2, -0.15) is 4.98 Å². The number of nitrogens with zero attached hydrogens (tertiary/aromatic N) is 2. The van der Waals surface area contributed by atoms with Gasteiger partial charge in [0.1, 0.15) is 24.1 Å². The number of ether oxygens (including phenoxy) is 2. The maximum absolute atomic E-state index is 12.1. The van der Waals surface area contributed by atoms with Gasteiger partial charge in [-0.25, -0.2) is 15.1 Å². The molecule has 0 unspecified atom stereocenters. The lowest BCUT2D eigenvalue weighted by atomic mass is 10.1. The van der Waals surface area contributed by atoms with Crippen LogP contribution in [0.4, 0.5) is 5.82 Å². The van der Waals surface area contributed by atoms with Gasteiger partial charge in [0, 0.05) is 12.3 Å². The molecule has 0 bridgehead atoms. The highest BCUT2D eigenvalue weighted by Gasteiger charge is 2.43. The van der Waals surface area contributed by atoms with Crippen molar-refractivity contribution in [3.05, 3.63) is 53.1 Å². The molecule has 1 fully saturated rings. The summed E-state index contributed by atoms with van der Waals surface area (Å²) in [6.07, 6.45) is -3.74. The van der Waals surface area contributed by atoms with Crippen LogP contribution in [0.1, 0.15) is 6.23 Å². The largest absolute Gasteiger partial charge is 0.482 e. The topological polar surface area (TPSA) is 152 Å². The zero-order chi connectivity index (χ0) is 20.1. The summed E-state index contributed by atoms with van der Waals surface area (Å²) in [4.78, 5) is 32.2. The maximum atomic E-state index is 12.1. The van der Waals surface area contributed by atoms with E-state index in [0.717, 1.165) is 4.57 Å². The van der Waals surface area contributed by atoms with Crippen molar-refractivity contribution in [1.29, 1.82) is 0 Å². The van der Waals surface area contributed by atoms with Crippen molar-refractivity contribution >= 4 is 11.8 Å². The fraction of sp³-hybridized carbons (Fsp3) is 0.353. The normalized spacial score (nSPS) is 24.0. The van der Waals surface area contributed by atoms with E-state index in [0.29, 0.717) is 5.75 Å². The molecule has 0 saturated carbocycles. The maximum Gasteiger partial charge on any atom is 0.369 e. The van der Waals surface area contributed by atoms with Gasteiger partial charge in [0.2, 0.25) is 0 Å². The summed E-state index contributed by atoms with van der Waals surface area (Å²) in [5.41, 5.74) is 1.41. The van der Waals surface area contributed by atoms with E-state index in [9.17, 15) is 19.8 Å². The number of aromatic nitrogens is 2. The molecule has 1 aromatic heterocycles. The van der Waals surface area contributed by atoms with Gasteiger partial charge in [0.05, 0.1) is 6.61 Å². The number of aliphatic hydroxyl groups excluding tert-OH is 3. The zero-order valence-electron chi connectivity index (χ0n) is 14.5. The molecule has 1 aliphatic heterocycles. The molecule has 3 rings (SSSR count). The highest BCUT2D eigenvalue weighted by atomic mass is 16.7. The fourth-order valence-electron chi connectivity index (χ4n) is 2.57. The molecule has 1 saturated heterocycles. The lowest BCUT2D eigenvalue weighted by Gasteiger charge is -2.17. The van der Waals surface area contributed by atoms with Crippen LogP contribution < -0.4 is 15.9 Å². The van der Waals surface area contributed by atoms with Gasteiger partial charge in [-0.1, -0.05) is 18.2 Å². The first kappa shape index (κ1) is 19.8. The molecule has 11 heteroatoms. The molecule has 0 spiro atoms. The average Bonchev–Trinajstić information content (AvgIpc) is 3.00. The first-order valence-corrected chi connectivity index (χ1v) is 8.35. The second-order valence-electron chi connectivity index (χ2n) is 5.91. The van der Waals surface area contributed by atoms with Gasteiger partial charge in [0.25, 0.3) is 0 Å². The van der Waals surface area contributed by atoms with Crippen molar-refractivity contribution < 1.29 is 34.4 Å². The summed E-state index contributed by atoms with van der Waals surface area (Å²) < 4.78 is 11.4. The van der Waals surface area contributed by atoms with Crippen LogP contribution in [0.3, 0.4) is 0 Å². The zero-order valence-corrected chi connectivity index (χ0v) is 14.5. The van der Waals surface area contributed by atoms with Crippen molar-refractivity contribution in [3.8, 4) is 5.75 Å². The van der Waals surface area contributed by atoms with Gasteiger partial charge < -0.3 is 29.6 Å². The number of nitrogens with one attached hydrogen (secondary N) is 1. The quantitative estimate of drug-likeness (QED) is 0.422. The number of hydrogen-bond donors (Lipinski definition) is 4. The van der Waals surface area contributed by atoms with Crippen LogP contribution in [0.15, 0.2) is 47.4 Å². The Labute approximate surface area is 158 Å². The third kappa shape index (κ3) is 4.46. The summed E-state index contributed by atoms with van der Waals surface area (Å²) in [6.45, 7) is -0.867. The van der Waals surface area contributed by atoms with E-state index in [1.165, 1.54) is 12.3 Å². The van der Waals surface area contributed by atoms with E-state index in [1.807, 2.05) is 0 Å². The van der Waals surface area contributed by atoms with Crippen LogP contribution in [-0.4, -0.2) is 62.4 Å². The lowest BCUT2D eigenvalue weighted by Crippen LogP contribution is -2.36. The lowest BCUT2D eigenvalue weighted by molar-refractivity contribution is -0.143. The smallest absolute Gasteiger partial charge is 0.369 e. The minimum Gasteiger partial charge on any atom is -0.482 e. The molecule has 0 aliphatic carbocycles. The Hall–Kier alpha value is -2.99. The number of carbonyl (C=O) groups is 1. The van der Waals surface area contributed by atoms with E-state index in [2.05, 4.69) is 10.5 Å². The second-order valence-corrected chi connectivity index (χ2v) is 5.91. The number of para-hydroxylation sites is 1. The molecule has 1 aliphatic rings. The van der Waals surface area contributed by atoms with Gasteiger partial charge in [0.15, 0.2) is 18.7 Å². The average molecular weight is 393 g/mol. The van der Waals surface area contributed by atoms with Gasteiger partial charge in [-0.3, -0.25) is 4.57 Å². The number of rotatable bonds is 7. The minimum absolute atomic E-state index is 0.0546. The Morgan fingerprint density at radius 1 is 1.21 bits per heavy atom. The highest BCUT2D eigenvalue weighted by molar-refractivity contribution is 5.71. The summed E-state index contributed by atoms with van der Waals surface area (Å²) in [5, 5.41) is 28.8. The standard InChI is InChI=1S/C17H19N3O8/c21-8-11-14(23)15(24)16(27-11)20-7-6-12(18-17(20)25)19-28-13(22)9-26-10-4-2-1-3-5-10/h1-7,11,14-16,21,23-24H,8-9H2,(H,18,19,25)/t11-,14-,15-,16-/m1/s1. The Bertz CT molecular complexity index is 859. The molecule has 2 aromatic rings. The Morgan fingerprint density at radius 2 is 1.96 bits per heavy atom. The van der Waals surface area contributed by atoms with Crippen molar-refractivity contribution in [2.45, 2.75) is 24.5 Å². The molecular weight excluding hydrogens is 374 g/mol. The molecular formula is C17H19N3O8. The van der Waals surface area contributed by atoms with Crippen LogP contribution in [0.5, 0.6) is 5.75 Å². The van der Waals surface area contributed by atoms with Crippen LogP contribution in [0.2, 0.25) is 0 Å². The first-order valence-electron chi connectivity index (χ1n) is 8.35. The number of hydrogen-bond acceptors (Lipinski definition) is 10. The van der Waals surface area contributed by atoms with E-state index in [4.69, 9.17) is 19.4 Å². The summed E-state index contributed by atoms with van der Waals surface area (Å²) >= 11 is 0. The van der Waals surface area contributed by atoms with Crippen molar-refractivity contribution in [2.24, 2.45) is 0 Å². The van der Waals surface area contributed by atoms with Crippen molar-refractivity contribution in [2.75, 3.05) is 18.7 Å². The van der Waals surface area contributed by atoms with E-state index in [-0.39, 0.29) is 12.4 Å². The predicted molar refractivity (Wildman–Crippen MR) is 93.2 cm³/mol. The fourth-order valence-corrected chi connectivity index (χ4v) is 2.57. The van der Waals surface area contributed by atoms with Crippen LogP contribution in [0, 0.1) is 0 Å². The first-order chi connectivity index (χ1) is 13.5. The van der Waals surface area contributed by atoms with Crippen LogP contribution in [-0.2, 0) is 14.4 Å². The molecule has 150 valence electrons. The van der Waals surface area contributed by atoms with Crippen LogP contribution >= 0.6 is 0 Å². The van der Waals surface area contributed by atoms with Crippen molar-refractivity contribution in [3.63, 3.8) is 0 Å². The molecule has 0 amide bonds. The highest BCUT2D eigenvalue weighted by Crippen LogP contribution is 2.28. The second kappa shape index (κ2) is 8.80. The van der Waals surface area contributed by atoms with Crippen LogP contribution in [0.25, 0.3) is 0 Å². The number of benzene rings is 1. The third-order valence-electron chi connectivity index (χ3n) is 3.99. The van der Waals surface area contributed by atoms with Gasteiger partial charge >= 0.3 is 11.7 Å². The van der Waals surface area contributed by atoms with Gasteiger partial charge in [-0.15, -0.1) is 0 Å². The van der Waals surface area contributed by atoms with Crippen molar-refractivity contribution in [1.82, 2.24) is 9.55 Å². The molecule has 4 atom stereocenters. The third-order valence-corrected chi connectivity index (χ3v) is 3.99. The number of carbonyl (C=O) groups excluding carboxylic acids is 1. The molecule has 11 nitrogen and oxygen atoms in total. The Kier molecular flexibility index (Phi) is 6.21. The monoisotopic (exact) mass is 393 g/mol.